The van der Waals surface area contributed by atoms with E-state index in [1.54, 1.807) is 10.9 Å². The van der Waals surface area contributed by atoms with Gasteiger partial charge in [-0.1, -0.05) is 0 Å². The van der Waals surface area contributed by atoms with Crippen LogP contribution in [0.1, 0.15) is 19.8 Å². The Labute approximate surface area is 116 Å². The molecule has 0 saturated heterocycles. The highest BCUT2D eigenvalue weighted by molar-refractivity contribution is 9.10. The summed E-state index contributed by atoms with van der Waals surface area (Å²) in [7, 11) is 0. The quantitative estimate of drug-likeness (QED) is 0.700. The van der Waals surface area contributed by atoms with E-state index in [0.29, 0.717) is 11.0 Å². The molecule has 0 saturated carbocycles. The fourth-order valence-corrected chi connectivity index (χ4v) is 1.85. The van der Waals surface area contributed by atoms with Crippen molar-refractivity contribution in [3.05, 3.63) is 27.4 Å². The van der Waals surface area contributed by atoms with Gasteiger partial charge in [-0.3, -0.25) is 9.36 Å². The van der Waals surface area contributed by atoms with Crippen LogP contribution in [-0.2, 0) is 11.3 Å². The molecule has 6 heteroatoms. The first-order chi connectivity index (χ1) is 8.75. The summed E-state index contributed by atoms with van der Waals surface area (Å²) >= 11 is 3.17. The second-order valence-electron chi connectivity index (χ2n) is 3.89. The second-order valence-corrected chi connectivity index (χ2v) is 4.75. The van der Waals surface area contributed by atoms with Gasteiger partial charge in [-0.05, 0) is 42.2 Å². The van der Waals surface area contributed by atoms with Gasteiger partial charge in [0.05, 0.1) is 6.33 Å². The summed E-state index contributed by atoms with van der Waals surface area (Å²) in [6.45, 7) is 5.97. The van der Waals surface area contributed by atoms with Gasteiger partial charge in [-0.25, -0.2) is 4.98 Å². The number of nitrogens with one attached hydrogen (secondary N) is 1. The molecule has 0 amide bonds. The third-order valence-corrected chi connectivity index (χ3v) is 3.03. The maximum atomic E-state index is 11.6. The maximum Gasteiger partial charge on any atom is 0.267 e. The number of rotatable bonds is 9. The summed E-state index contributed by atoms with van der Waals surface area (Å²) in [5.74, 6) is 0. The van der Waals surface area contributed by atoms with Crippen molar-refractivity contribution in [2.75, 3.05) is 26.3 Å². The van der Waals surface area contributed by atoms with E-state index in [0.717, 1.165) is 39.1 Å². The van der Waals surface area contributed by atoms with E-state index in [2.05, 4.69) is 26.2 Å². The monoisotopic (exact) mass is 317 g/mol. The van der Waals surface area contributed by atoms with Gasteiger partial charge in [0.2, 0.25) is 0 Å². The van der Waals surface area contributed by atoms with Crippen LogP contribution in [0.4, 0.5) is 0 Å². The van der Waals surface area contributed by atoms with Crippen LogP contribution in [0.5, 0.6) is 0 Å². The number of ether oxygens (including phenoxy) is 1. The summed E-state index contributed by atoms with van der Waals surface area (Å²) in [4.78, 5) is 15.6. The predicted molar refractivity (Wildman–Crippen MR) is 74.8 cm³/mol. The molecule has 0 aliphatic carbocycles. The van der Waals surface area contributed by atoms with Gasteiger partial charge in [-0.2, -0.15) is 0 Å². The van der Waals surface area contributed by atoms with Crippen LogP contribution < -0.4 is 10.9 Å². The Balaban J connectivity index is 2.11. The van der Waals surface area contributed by atoms with E-state index < -0.39 is 0 Å². The molecule has 0 radical (unpaired) electrons. The number of aromatic nitrogens is 2. The van der Waals surface area contributed by atoms with Crippen LogP contribution in [0.25, 0.3) is 0 Å². The first-order valence-electron chi connectivity index (χ1n) is 6.24. The zero-order chi connectivity index (χ0) is 13.2. The molecule has 0 aromatic carbocycles. The summed E-state index contributed by atoms with van der Waals surface area (Å²) < 4.78 is 7.35. The smallest absolute Gasteiger partial charge is 0.267 e. The average Bonchev–Trinajstić information content (AvgIpc) is 2.37. The van der Waals surface area contributed by atoms with Gasteiger partial charge < -0.3 is 10.1 Å². The Bertz CT molecular complexity index is 395. The van der Waals surface area contributed by atoms with E-state index >= 15 is 0 Å². The van der Waals surface area contributed by atoms with Crippen LogP contribution in [-0.4, -0.2) is 35.9 Å². The van der Waals surface area contributed by atoms with Gasteiger partial charge in [-0.15, -0.1) is 0 Å². The summed E-state index contributed by atoms with van der Waals surface area (Å²) in [6.07, 6.45) is 5.23. The third-order valence-electron chi connectivity index (χ3n) is 2.48. The van der Waals surface area contributed by atoms with E-state index in [1.807, 2.05) is 6.92 Å². The average molecular weight is 318 g/mol. The summed E-state index contributed by atoms with van der Waals surface area (Å²) in [5.41, 5.74) is -0.0388. The van der Waals surface area contributed by atoms with Crippen LogP contribution >= 0.6 is 15.9 Å². The zero-order valence-corrected chi connectivity index (χ0v) is 12.3. The standard InChI is InChI=1S/C12H20BrN3O2/c1-2-18-8-4-3-5-14-6-7-16-10-15-9-11(13)12(16)17/h9-10,14H,2-8H2,1H3. The molecule has 5 nitrogen and oxygen atoms in total. The summed E-state index contributed by atoms with van der Waals surface area (Å²) in [6, 6.07) is 0. The number of hydrogen-bond donors (Lipinski definition) is 1. The van der Waals surface area contributed by atoms with E-state index in [9.17, 15) is 4.79 Å². The van der Waals surface area contributed by atoms with E-state index in [-0.39, 0.29) is 5.56 Å². The lowest BCUT2D eigenvalue weighted by Crippen LogP contribution is -2.28. The molecule has 1 heterocycles. The molecule has 0 unspecified atom stereocenters. The van der Waals surface area contributed by atoms with Crippen molar-refractivity contribution in [2.45, 2.75) is 26.3 Å². The van der Waals surface area contributed by atoms with Gasteiger partial charge >= 0.3 is 0 Å². The van der Waals surface area contributed by atoms with Crippen LogP contribution in [0, 0.1) is 0 Å². The van der Waals surface area contributed by atoms with Crippen LogP contribution in [0.2, 0.25) is 0 Å². The van der Waals surface area contributed by atoms with Gasteiger partial charge in [0.15, 0.2) is 0 Å². The van der Waals surface area contributed by atoms with Crippen molar-refractivity contribution < 1.29 is 4.74 Å². The molecule has 102 valence electrons. The lowest BCUT2D eigenvalue weighted by Gasteiger charge is -2.07. The minimum atomic E-state index is -0.0388. The molecule has 0 bridgehead atoms. The Morgan fingerprint density at radius 1 is 1.44 bits per heavy atom. The molecule has 1 N–H and O–H groups in total. The van der Waals surface area contributed by atoms with Crippen molar-refractivity contribution in [1.82, 2.24) is 14.9 Å². The number of hydrogen-bond acceptors (Lipinski definition) is 4. The van der Waals surface area contributed by atoms with Crippen molar-refractivity contribution in [3.63, 3.8) is 0 Å². The lowest BCUT2D eigenvalue weighted by atomic mass is 10.3. The highest BCUT2D eigenvalue weighted by atomic mass is 79.9. The fraction of sp³-hybridized carbons (Fsp3) is 0.667. The highest BCUT2D eigenvalue weighted by Gasteiger charge is 1.99. The third kappa shape index (κ3) is 5.75. The number of unbranched alkanes of at least 4 members (excludes halogenated alkanes) is 1. The summed E-state index contributed by atoms with van der Waals surface area (Å²) in [5, 5.41) is 3.30. The topological polar surface area (TPSA) is 56.1 Å². The van der Waals surface area contributed by atoms with E-state index in [4.69, 9.17) is 4.74 Å². The molecule has 0 fully saturated rings. The molecule has 0 spiro atoms. The Hall–Kier alpha value is -0.720. The molecular weight excluding hydrogens is 298 g/mol. The predicted octanol–water partition coefficient (Wildman–Crippen LogP) is 1.41. The van der Waals surface area contributed by atoms with Crippen molar-refractivity contribution in [2.24, 2.45) is 0 Å². The molecule has 1 aromatic rings. The minimum Gasteiger partial charge on any atom is -0.382 e. The molecule has 1 aromatic heterocycles. The minimum absolute atomic E-state index is 0.0388. The molecular formula is C12H20BrN3O2. The first kappa shape index (κ1) is 15.3. The zero-order valence-electron chi connectivity index (χ0n) is 10.7. The van der Waals surface area contributed by atoms with Gasteiger partial charge in [0, 0.05) is 32.5 Å². The van der Waals surface area contributed by atoms with Crippen LogP contribution in [0.15, 0.2) is 21.8 Å². The highest BCUT2D eigenvalue weighted by Crippen LogP contribution is 1.97. The Morgan fingerprint density at radius 2 is 2.28 bits per heavy atom. The number of halogens is 1. The normalized spacial score (nSPS) is 10.8. The van der Waals surface area contributed by atoms with Crippen molar-refractivity contribution in [3.8, 4) is 0 Å². The lowest BCUT2D eigenvalue weighted by molar-refractivity contribution is 0.143. The number of nitrogens with zero attached hydrogens (tertiary/aromatic N) is 2. The molecule has 1 rings (SSSR count). The van der Waals surface area contributed by atoms with Gasteiger partial charge in [0.1, 0.15) is 4.47 Å². The SMILES string of the molecule is CCOCCCCNCCn1cncc(Br)c1=O. The molecule has 0 aliphatic heterocycles. The molecule has 0 aliphatic rings. The van der Waals surface area contributed by atoms with Gasteiger partial charge in [0.25, 0.3) is 5.56 Å². The maximum absolute atomic E-state index is 11.6. The van der Waals surface area contributed by atoms with Crippen molar-refractivity contribution >= 4 is 15.9 Å². The first-order valence-corrected chi connectivity index (χ1v) is 7.03. The molecule has 0 atom stereocenters. The van der Waals surface area contributed by atoms with Crippen LogP contribution in [0.3, 0.4) is 0 Å². The van der Waals surface area contributed by atoms with E-state index in [1.165, 1.54) is 6.20 Å². The Kier molecular flexibility index (Phi) is 7.88. The Morgan fingerprint density at radius 3 is 3.06 bits per heavy atom. The molecule has 18 heavy (non-hydrogen) atoms. The largest absolute Gasteiger partial charge is 0.382 e. The van der Waals surface area contributed by atoms with Crippen molar-refractivity contribution in [1.29, 1.82) is 0 Å². The second kappa shape index (κ2) is 9.24. The fourth-order valence-electron chi connectivity index (χ4n) is 1.51.